The van der Waals surface area contributed by atoms with Gasteiger partial charge < -0.3 is 20.3 Å². The van der Waals surface area contributed by atoms with Crippen LogP contribution in [0.25, 0.3) is 0 Å². The monoisotopic (exact) mass is 315 g/mol. The van der Waals surface area contributed by atoms with Crippen LogP contribution in [0.2, 0.25) is 5.02 Å². The smallest absolute Gasteiger partial charge is 0.123 e. The molecule has 0 aromatic heterocycles. The normalized spacial score (nSPS) is 12.7. The van der Waals surface area contributed by atoms with E-state index in [1.165, 1.54) is 0 Å². The fourth-order valence-electron chi connectivity index (χ4n) is 1.96. The van der Waals surface area contributed by atoms with Gasteiger partial charge in [-0.3, -0.25) is 0 Å². The fraction of sp³-hybridized carbons (Fsp3) is 0.625. The molecule has 0 radical (unpaired) electrons. The summed E-state index contributed by atoms with van der Waals surface area (Å²) in [6.07, 6.45) is 0.0984. The zero-order valence-electron chi connectivity index (χ0n) is 13.0. The summed E-state index contributed by atoms with van der Waals surface area (Å²) in [4.78, 5) is 0. The van der Waals surface area contributed by atoms with E-state index < -0.39 is 6.10 Å². The van der Waals surface area contributed by atoms with Gasteiger partial charge in [-0.2, -0.15) is 0 Å². The zero-order chi connectivity index (χ0) is 15.8. The van der Waals surface area contributed by atoms with E-state index in [1.54, 1.807) is 0 Å². The van der Waals surface area contributed by atoms with E-state index in [4.69, 9.17) is 21.4 Å². The molecule has 4 nitrogen and oxygen atoms in total. The third-order valence-electron chi connectivity index (χ3n) is 3.24. The molecule has 120 valence electrons. The van der Waals surface area contributed by atoms with Crippen molar-refractivity contribution in [2.45, 2.75) is 39.2 Å². The molecular formula is C16H26ClNO3. The van der Waals surface area contributed by atoms with Gasteiger partial charge in [-0.15, -0.1) is 0 Å². The molecule has 0 spiro atoms. The number of hydrogen-bond acceptors (Lipinski definition) is 4. The summed E-state index contributed by atoms with van der Waals surface area (Å²) in [6, 6.07) is 3.85. The molecule has 0 amide bonds. The third-order valence-corrected chi connectivity index (χ3v) is 3.64. The first kappa shape index (κ1) is 18.2. The van der Waals surface area contributed by atoms with E-state index in [0.717, 1.165) is 21.9 Å². The zero-order valence-corrected chi connectivity index (χ0v) is 13.8. The van der Waals surface area contributed by atoms with Crippen molar-refractivity contribution in [3.63, 3.8) is 0 Å². The number of nitrogens with one attached hydrogen (secondary N) is 1. The van der Waals surface area contributed by atoms with Crippen molar-refractivity contribution in [3.8, 4) is 5.75 Å². The molecule has 0 heterocycles. The van der Waals surface area contributed by atoms with Crippen molar-refractivity contribution in [3.05, 3.63) is 28.3 Å². The molecule has 3 N–H and O–H groups in total. The number of rotatable bonds is 9. The molecule has 0 bridgehead atoms. The SMILES string of the molecule is Cc1cc(OC[C@H](O)CNCCCO)c(C(C)C)cc1Cl. The fourth-order valence-corrected chi connectivity index (χ4v) is 2.14. The number of aliphatic hydroxyl groups is 2. The number of halogens is 1. The quantitative estimate of drug-likeness (QED) is 0.613. The Morgan fingerprint density at radius 2 is 2.05 bits per heavy atom. The number of hydrogen-bond donors (Lipinski definition) is 3. The van der Waals surface area contributed by atoms with Gasteiger partial charge in [0.15, 0.2) is 0 Å². The molecular weight excluding hydrogens is 290 g/mol. The lowest BCUT2D eigenvalue weighted by molar-refractivity contribution is 0.105. The predicted molar refractivity (Wildman–Crippen MR) is 86.4 cm³/mol. The van der Waals surface area contributed by atoms with Crippen molar-refractivity contribution in [1.29, 1.82) is 0 Å². The van der Waals surface area contributed by atoms with Crippen molar-refractivity contribution in [1.82, 2.24) is 5.32 Å². The molecule has 1 rings (SSSR count). The first-order chi connectivity index (χ1) is 9.95. The minimum Gasteiger partial charge on any atom is -0.491 e. The Morgan fingerprint density at radius 1 is 1.33 bits per heavy atom. The average molecular weight is 316 g/mol. The number of aliphatic hydroxyl groups excluding tert-OH is 2. The summed E-state index contributed by atoms with van der Waals surface area (Å²) in [5, 5.41) is 22.4. The first-order valence-electron chi connectivity index (χ1n) is 7.38. The lowest BCUT2D eigenvalue weighted by Gasteiger charge is -2.18. The third kappa shape index (κ3) is 6.22. The highest BCUT2D eigenvalue weighted by Crippen LogP contribution is 2.32. The second-order valence-corrected chi connectivity index (χ2v) is 5.95. The van der Waals surface area contributed by atoms with Crippen LogP contribution in [0.4, 0.5) is 0 Å². The molecule has 0 aliphatic heterocycles. The first-order valence-corrected chi connectivity index (χ1v) is 7.76. The van der Waals surface area contributed by atoms with E-state index in [2.05, 4.69) is 19.2 Å². The molecule has 1 aromatic carbocycles. The lowest BCUT2D eigenvalue weighted by atomic mass is 10.0. The largest absolute Gasteiger partial charge is 0.491 e. The van der Waals surface area contributed by atoms with Gasteiger partial charge >= 0.3 is 0 Å². The van der Waals surface area contributed by atoms with E-state index in [1.807, 2.05) is 19.1 Å². The highest BCUT2D eigenvalue weighted by molar-refractivity contribution is 6.31. The van der Waals surface area contributed by atoms with Crippen LogP contribution in [-0.2, 0) is 0 Å². The maximum atomic E-state index is 9.89. The highest BCUT2D eigenvalue weighted by Gasteiger charge is 2.13. The van der Waals surface area contributed by atoms with Crippen molar-refractivity contribution < 1.29 is 14.9 Å². The minimum absolute atomic E-state index is 0.154. The van der Waals surface area contributed by atoms with Gasteiger partial charge in [-0.1, -0.05) is 25.4 Å². The van der Waals surface area contributed by atoms with E-state index in [0.29, 0.717) is 25.4 Å². The van der Waals surface area contributed by atoms with E-state index in [9.17, 15) is 5.11 Å². The van der Waals surface area contributed by atoms with Gasteiger partial charge in [0.05, 0.1) is 0 Å². The van der Waals surface area contributed by atoms with Crippen LogP contribution in [0.3, 0.4) is 0 Å². The minimum atomic E-state index is -0.584. The molecule has 0 aliphatic rings. The van der Waals surface area contributed by atoms with Gasteiger partial charge in [0.2, 0.25) is 0 Å². The summed E-state index contributed by atoms with van der Waals surface area (Å²) in [6.45, 7) is 7.62. The van der Waals surface area contributed by atoms with E-state index in [-0.39, 0.29) is 13.2 Å². The Hall–Kier alpha value is -0.810. The maximum absolute atomic E-state index is 9.89. The van der Waals surface area contributed by atoms with Crippen LogP contribution in [-0.4, -0.2) is 42.6 Å². The Labute approximate surface area is 132 Å². The van der Waals surface area contributed by atoms with E-state index >= 15 is 0 Å². The van der Waals surface area contributed by atoms with Crippen molar-refractivity contribution in [2.24, 2.45) is 0 Å². The number of benzene rings is 1. The second-order valence-electron chi connectivity index (χ2n) is 5.54. The van der Waals surface area contributed by atoms with Gasteiger partial charge in [0.25, 0.3) is 0 Å². The molecule has 0 fully saturated rings. The number of aryl methyl sites for hydroxylation is 1. The molecule has 1 aromatic rings. The summed E-state index contributed by atoms with van der Waals surface area (Å²) in [7, 11) is 0. The van der Waals surface area contributed by atoms with Crippen LogP contribution < -0.4 is 10.1 Å². The molecule has 5 heteroatoms. The van der Waals surface area contributed by atoms with Crippen LogP contribution in [0.1, 0.15) is 37.3 Å². The van der Waals surface area contributed by atoms with Crippen LogP contribution >= 0.6 is 11.6 Å². The Morgan fingerprint density at radius 3 is 2.67 bits per heavy atom. The van der Waals surface area contributed by atoms with Crippen LogP contribution in [0.15, 0.2) is 12.1 Å². The average Bonchev–Trinajstić information content (AvgIpc) is 2.44. The van der Waals surface area contributed by atoms with Gasteiger partial charge in [0, 0.05) is 18.2 Å². The van der Waals surface area contributed by atoms with Gasteiger partial charge in [-0.25, -0.2) is 0 Å². The van der Waals surface area contributed by atoms with Gasteiger partial charge in [0.1, 0.15) is 18.5 Å². The summed E-state index contributed by atoms with van der Waals surface area (Å²) >= 11 is 6.16. The summed E-state index contributed by atoms with van der Waals surface area (Å²) in [5.41, 5.74) is 2.01. The van der Waals surface area contributed by atoms with Crippen molar-refractivity contribution >= 4 is 11.6 Å². The highest BCUT2D eigenvalue weighted by atomic mass is 35.5. The standard InChI is InChI=1S/C16H26ClNO3/c1-11(2)14-8-15(17)12(3)7-16(14)21-10-13(20)9-18-5-4-6-19/h7-8,11,13,18-20H,4-6,9-10H2,1-3H3/t13-/m1/s1. The molecule has 0 saturated carbocycles. The maximum Gasteiger partial charge on any atom is 0.123 e. The Bertz CT molecular complexity index is 438. The topological polar surface area (TPSA) is 61.7 Å². The van der Waals surface area contributed by atoms with Gasteiger partial charge in [-0.05, 0) is 49.1 Å². The van der Waals surface area contributed by atoms with Crippen LogP contribution in [0, 0.1) is 6.92 Å². The second kappa shape index (κ2) is 9.26. The molecule has 21 heavy (non-hydrogen) atoms. The Kier molecular flexibility index (Phi) is 8.04. The van der Waals surface area contributed by atoms with Crippen molar-refractivity contribution in [2.75, 3.05) is 26.3 Å². The molecule has 1 atom stereocenters. The van der Waals surface area contributed by atoms with Crippen LogP contribution in [0.5, 0.6) is 5.75 Å². The Balaban J connectivity index is 2.56. The summed E-state index contributed by atoms with van der Waals surface area (Å²) in [5.74, 6) is 1.08. The summed E-state index contributed by atoms with van der Waals surface area (Å²) < 4.78 is 5.76. The predicted octanol–water partition coefficient (Wildman–Crippen LogP) is 2.48. The molecule has 0 aliphatic carbocycles. The molecule has 0 saturated heterocycles. The lowest BCUT2D eigenvalue weighted by Crippen LogP contribution is -2.32. The molecule has 0 unspecified atom stereocenters. The number of ether oxygens (including phenoxy) is 1.